The Bertz CT molecular complexity index is 566. The van der Waals surface area contributed by atoms with E-state index in [1.807, 2.05) is 0 Å². The summed E-state index contributed by atoms with van der Waals surface area (Å²) in [5.74, 6) is -1.35. The number of nitrogens with one attached hydrogen (secondary N) is 2. The van der Waals surface area contributed by atoms with Crippen molar-refractivity contribution < 1.29 is 22.8 Å². The van der Waals surface area contributed by atoms with Crippen LogP contribution in [-0.4, -0.2) is 17.9 Å². The Labute approximate surface area is 127 Å². The van der Waals surface area contributed by atoms with Gasteiger partial charge >= 0.3 is 6.18 Å². The number of benzene rings is 1. The fourth-order valence-electron chi connectivity index (χ4n) is 1.66. The number of rotatable bonds is 4. The smallest absolute Gasteiger partial charge is 0.353 e. The highest BCUT2D eigenvalue weighted by Crippen LogP contribution is 2.35. The number of amides is 2. The van der Waals surface area contributed by atoms with Crippen molar-refractivity contribution in [3.8, 4) is 0 Å². The Morgan fingerprint density at radius 2 is 1.59 bits per heavy atom. The first-order valence-corrected chi connectivity index (χ1v) is 6.75. The summed E-state index contributed by atoms with van der Waals surface area (Å²) >= 11 is 0. The first-order chi connectivity index (χ1) is 9.96. The van der Waals surface area contributed by atoms with Crippen LogP contribution < -0.4 is 10.6 Å². The predicted octanol–water partition coefficient (Wildman–Crippen LogP) is 3.19. The Balaban J connectivity index is 3.01. The van der Waals surface area contributed by atoms with Gasteiger partial charge in [-0.25, -0.2) is 0 Å². The summed E-state index contributed by atoms with van der Waals surface area (Å²) in [5.41, 5.74) is -2.82. The molecule has 1 rings (SSSR count). The Kier molecular flexibility index (Phi) is 5.22. The van der Waals surface area contributed by atoms with Gasteiger partial charge in [0.1, 0.15) is 5.41 Å². The second kappa shape index (κ2) is 6.37. The van der Waals surface area contributed by atoms with Crippen molar-refractivity contribution in [2.75, 3.05) is 5.32 Å². The molecule has 2 N–H and O–H groups in total. The quantitative estimate of drug-likeness (QED) is 0.838. The van der Waals surface area contributed by atoms with Crippen molar-refractivity contribution in [3.05, 3.63) is 29.8 Å². The summed E-state index contributed by atoms with van der Waals surface area (Å²) < 4.78 is 38.7. The maximum atomic E-state index is 12.9. The lowest BCUT2D eigenvalue weighted by Gasteiger charge is -2.25. The third-order valence-corrected chi connectivity index (χ3v) is 3.04. The van der Waals surface area contributed by atoms with Crippen LogP contribution in [0, 0.1) is 5.41 Å². The van der Waals surface area contributed by atoms with E-state index in [1.165, 1.54) is 26.0 Å². The first-order valence-electron chi connectivity index (χ1n) is 6.75. The van der Waals surface area contributed by atoms with Gasteiger partial charge in [0.2, 0.25) is 11.8 Å². The van der Waals surface area contributed by atoms with Crippen LogP contribution in [0.25, 0.3) is 0 Å². The number of anilines is 1. The van der Waals surface area contributed by atoms with Crippen molar-refractivity contribution in [2.45, 2.75) is 39.9 Å². The van der Waals surface area contributed by atoms with Crippen molar-refractivity contribution in [1.82, 2.24) is 5.32 Å². The van der Waals surface area contributed by atoms with Gasteiger partial charge in [0, 0.05) is 6.04 Å². The molecule has 0 aliphatic carbocycles. The molecule has 0 atom stereocenters. The predicted molar refractivity (Wildman–Crippen MR) is 77.1 cm³/mol. The lowest BCUT2D eigenvalue weighted by Crippen LogP contribution is -2.47. The van der Waals surface area contributed by atoms with Gasteiger partial charge < -0.3 is 10.6 Å². The number of carbonyl (C=O) groups excluding carboxylic acids is 2. The molecule has 0 fully saturated rings. The topological polar surface area (TPSA) is 58.2 Å². The summed E-state index contributed by atoms with van der Waals surface area (Å²) in [6, 6.07) is 4.46. The minimum absolute atomic E-state index is 0.179. The molecule has 0 saturated carbocycles. The third-order valence-electron chi connectivity index (χ3n) is 3.04. The van der Waals surface area contributed by atoms with Gasteiger partial charge in [-0.05, 0) is 39.8 Å². The number of alkyl halides is 3. The molecular weight excluding hydrogens is 297 g/mol. The van der Waals surface area contributed by atoms with Crippen molar-refractivity contribution >= 4 is 17.5 Å². The van der Waals surface area contributed by atoms with Gasteiger partial charge in [-0.15, -0.1) is 0 Å². The maximum Gasteiger partial charge on any atom is 0.418 e. The number of para-hydroxylation sites is 1. The zero-order valence-electron chi connectivity index (χ0n) is 12.8. The average molecular weight is 316 g/mol. The maximum absolute atomic E-state index is 12.9. The van der Waals surface area contributed by atoms with E-state index < -0.39 is 29.0 Å². The summed E-state index contributed by atoms with van der Waals surface area (Å²) in [5, 5.41) is 4.76. The van der Waals surface area contributed by atoms with E-state index in [0.717, 1.165) is 12.1 Å². The molecular formula is C15H19F3N2O2. The summed E-state index contributed by atoms with van der Waals surface area (Å²) in [6.45, 7) is 6.17. The Hall–Kier alpha value is -2.05. The molecule has 22 heavy (non-hydrogen) atoms. The van der Waals surface area contributed by atoms with Crippen molar-refractivity contribution in [2.24, 2.45) is 5.41 Å². The molecule has 0 aliphatic rings. The number of carbonyl (C=O) groups is 2. The zero-order chi connectivity index (χ0) is 17.1. The Morgan fingerprint density at radius 3 is 2.09 bits per heavy atom. The first kappa shape index (κ1) is 18.0. The molecule has 0 saturated heterocycles. The molecule has 0 radical (unpaired) electrons. The van der Waals surface area contributed by atoms with Gasteiger partial charge in [-0.1, -0.05) is 12.1 Å². The highest BCUT2D eigenvalue weighted by Gasteiger charge is 2.38. The molecule has 7 heteroatoms. The van der Waals surface area contributed by atoms with Gasteiger partial charge in [0.25, 0.3) is 0 Å². The molecule has 4 nitrogen and oxygen atoms in total. The molecule has 2 amide bonds. The van der Waals surface area contributed by atoms with E-state index in [0.29, 0.717) is 0 Å². The van der Waals surface area contributed by atoms with E-state index in [-0.39, 0.29) is 11.7 Å². The van der Waals surface area contributed by atoms with Crippen molar-refractivity contribution in [3.63, 3.8) is 0 Å². The third kappa shape index (κ3) is 4.22. The average Bonchev–Trinajstić information content (AvgIpc) is 2.37. The summed E-state index contributed by atoms with van der Waals surface area (Å²) in [4.78, 5) is 24.2. The van der Waals surface area contributed by atoms with Crippen LogP contribution in [0.1, 0.15) is 33.3 Å². The van der Waals surface area contributed by atoms with E-state index in [4.69, 9.17) is 0 Å². The van der Waals surface area contributed by atoms with E-state index in [2.05, 4.69) is 10.6 Å². The van der Waals surface area contributed by atoms with Gasteiger partial charge in [0.15, 0.2) is 0 Å². The van der Waals surface area contributed by atoms with Gasteiger partial charge in [0.05, 0.1) is 11.3 Å². The van der Waals surface area contributed by atoms with E-state index in [9.17, 15) is 22.8 Å². The molecule has 0 bridgehead atoms. The number of halogens is 3. The molecule has 0 unspecified atom stereocenters. The highest BCUT2D eigenvalue weighted by molar-refractivity contribution is 6.10. The highest BCUT2D eigenvalue weighted by atomic mass is 19.4. The zero-order valence-corrected chi connectivity index (χ0v) is 12.8. The molecule has 1 aromatic carbocycles. The minimum Gasteiger partial charge on any atom is -0.353 e. The van der Waals surface area contributed by atoms with Crippen LogP contribution in [-0.2, 0) is 15.8 Å². The van der Waals surface area contributed by atoms with E-state index >= 15 is 0 Å². The number of hydrogen-bond acceptors (Lipinski definition) is 2. The standard InChI is InChI=1S/C15H19F3N2O2/c1-9(2)19-12(21)14(3,4)13(22)20-11-8-6-5-7-10(11)15(16,17)18/h5-9H,1-4H3,(H,19,21)(H,20,22). The van der Waals surface area contributed by atoms with Crippen LogP contribution >= 0.6 is 0 Å². The lowest BCUT2D eigenvalue weighted by atomic mass is 9.90. The van der Waals surface area contributed by atoms with Crippen molar-refractivity contribution in [1.29, 1.82) is 0 Å². The van der Waals surface area contributed by atoms with Gasteiger partial charge in [-0.3, -0.25) is 9.59 Å². The van der Waals surface area contributed by atoms with E-state index in [1.54, 1.807) is 13.8 Å². The normalized spacial score (nSPS) is 12.2. The largest absolute Gasteiger partial charge is 0.418 e. The SMILES string of the molecule is CC(C)NC(=O)C(C)(C)C(=O)Nc1ccccc1C(F)(F)F. The molecule has 1 aromatic rings. The van der Waals surface area contributed by atoms with Crippen LogP contribution in [0.4, 0.5) is 18.9 Å². The minimum atomic E-state index is -4.59. The molecule has 0 spiro atoms. The molecule has 0 aliphatic heterocycles. The summed E-state index contributed by atoms with van der Waals surface area (Å²) in [6.07, 6.45) is -4.59. The Morgan fingerprint density at radius 1 is 1.05 bits per heavy atom. The lowest BCUT2D eigenvalue weighted by molar-refractivity contribution is -0.138. The summed E-state index contributed by atoms with van der Waals surface area (Å²) in [7, 11) is 0. The second-order valence-electron chi connectivity index (χ2n) is 5.75. The van der Waals surface area contributed by atoms with Gasteiger partial charge in [-0.2, -0.15) is 13.2 Å². The number of hydrogen-bond donors (Lipinski definition) is 2. The van der Waals surface area contributed by atoms with Crippen LogP contribution in [0.5, 0.6) is 0 Å². The molecule has 0 aromatic heterocycles. The fourth-order valence-corrected chi connectivity index (χ4v) is 1.66. The molecule has 122 valence electrons. The van der Waals surface area contributed by atoms with Crippen LogP contribution in [0.2, 0.25) is 0 Å². The monoisotopic (exact) mass is 316 g/mol. The second-order valence-corrected chi connectivity index (χ2v) is 5.75. The van der Waals surface area contributed by atoms with Crippen LogP contribution in [0.15, 0.2) is 24.3 Å². The molecule has 0 heterocycles. The fraction of sp³-hybridized carbons (Fsp3) is 0.467. The van der Waals surface area contributed by atoms with Crippen LogP contribution in [0.3, 0.4) is 0 Å².